The van der Waals surface area contributed by atoms with Crippen molar-refractivity contribution in [3.05, 3.63) is 54.5 Å². The lowest BCUT2D eigenvalue weighted by atomic mass is 10.1. The summed E-state index contributed by atoms with van der Waals surface area (Å²) in [4.78, 5) is 18.9. The molecule has 1 aromatic carbocycles. The third kappa shape index (κ3) is 4.17. The van der Waals surface area contributed by atoms with Gasteiger partial charge in [0.05, 0.1) is 25.1 Å². The molecule has 1 saturated heterocycles. The molecule has 0 saturated carbocycles. The van der Waals surface area contributed by atoms with Gasteiger partial charge in [-0.2, -0.15) is 5.10 Å². The first-order valence-corrected chi connectivity index (χ1v) is 9.32. The van der Waals surface area contributed by atoms with Crippen molar-refractivity contribution in [2.75, 3.05) is 49.6 Å². The van der Waals surface area contributed by atoms with Crippen LogP contribution in [0.2, 0.25) is 0 Å². The van der Waals surface area contributed by atoms with Crippen molar-refractivity contribution in [1.82, 2.24) is 20.5 Å². The summed E-state index contributed by atoms with van der Waals surface area (Å²) in [6.07, 6.45) is 3.41. The molecular weight excluding hydrogens is 356 g/mol. The number of rotatable bonds is 6. The van der Waals surface area contributed by atoms with Crippen molar-refractivity contribution in [1.29, 1.82) is 0 Å². The second-order valence-electron chi connectivity index (χ2n) is 6.46. The van der Waals surface area contributed by atoms with Crippen LogP contribution in [0.25, 0.3) is 10.8 Å². The molecule has 2 aromatic heterocycles. The van der Waals surface area contributed by atoms with E-state index in [1.54, 1.807) is 12.4 Å². The topological polar surface area (TPSA) is 92.3 Å². The summed E-state index contributed by atoms with van der Waals surface area (Å²) in [5.74, 6) is 0.494. The standard InChI is InChI=1S/C20H22N6O2/c27-20(19-17-4-2-1-3-15(17)5-6-22-19)23-8-7-21-18-13-16(14-24-25-18)26-9-11-28-12-10-26/h1-6,13-14H,7-12H2,(H,21,25)(H,23,27). The summed E-state index contributed by atoms with van der Waals surface area (Å²) in [7, 11) is 0. The highest BCUT2D eigenvalue weighted by Crippen LogP contribution is 2.17. The maximum atomic E-state index is 12.5. The molecule has 0 aliphatic carbocycles. The van der Waals surface area contributed by atoms with Crippen LogP contribution in [-0.2, 0) is 4.74 Å². The lowest BCUT2D eigenvalue weighted by Crippen LogP contribution is -2.36. The van der Waals surface area contributed by atoms with E-state index in [0.29, 0.717) is 24.6 Å². The molecule has 0 atom stereocenters. The van der Waals surface area contributed by atoms with Gasteiger partial charge in [0, 0.05) is 43.8 Å². The van der Waals surface area contributed by atoms with Gasteiger partial charge in [-0.1, -0.05) is 24.3 Å². The zero-order chi connectivity index (χ0) is 19.2. The molecule has 0 bridgehead atoms. The Morgan fingerprint density at radius 1 is 1.14 bits per heavy atom. The van der Waals surface area contributed by atoms with Gasteiger partial charge in [0.15, 0.2) is 5.82 Å². The average molecular weight is 378 g/mol. The fourth-order valence-electron chi connectivity index (χ4n) is 3.19. The van der Waals surface area contributed by atoms with Crippen LogP contribution >= 0.6 is 0 Å². The van der Waals surface area contributed by atoms with E-state index in [-0.39, 0.29) is 5.91 Å². The summed E-state index contributed by atoms with van der Waals surface area (Å²) in [6.45, 7) is 4.13. The number of morpholine rings is 1. The van der Waals surface area contributed by atoms with Crippen molar-refractivity contribution < 1.29 is 9.53 Å². The lowest BCUT2D eigenvalue weighted by molar-refractivity contribution is 0.0952. The molecule has 1 aliphatic heterocycles. The van der Waals surface area contributed by atoms with Crippen molar-refractivity contribution in [2.24, 2.45) is 0 Å². The van der Waals surface area contributed by atoms with Crippen molar-refractivity contribution in [2.45, 2.75) is 0 Å². The minimum Gasteiger partial charge on any atom is -0.378 e. The molecule has 0 spiro atoms. The van der Waals surface area contributed by atoms with Crippen LogP contribution in [0.1, 0.15) is 10.5 Å². The number of amides is 1. The Kier molecular flexibility index (Phi) is 5.58. The van der Waals surface area contributed by atoms with E-state index in [1.807, 2.05) is 36.4 Å². The van der Waals surface area contributed by atoms with E-state index in [2.05, 4.69) is 30.7 Å². The molecule has 3 aromatic rings. The molecule has 1 aliphatic rings. The Morgan fingerprint density at radius 2 is 2.00 bits per heavy atom. The van der Waals surface area contributed by atoms with E-state index in [4.69, 9.17) is 4.74 Å². The summed E-state index contributed by atoms with van der Waals surface area (Å²) < 4.78 is 5.38. The van der Waals surface area contributed by atoms with Crippen LogP contribution in [0, 0.1) is 0 Å². The Morgan fingerprint density at radius 3 is 2.89 bits per heavy atom. The van der Waals surface area contributed by atoms with Crippen LogP contribution in [-0.4, -0.2) is 60.5 Å². The van der Waals surface area contributed by atoms with Gasteiger partial charge in [0.1, 0.15) is 5.69 Å². The fraction of sp³-hybridized carbons (Fsp3) is 0.300. The van der Waals surface area contributed by atoms with Gasteiger partial charge >= 0.3 is 0 Å². The number of nitrogens with zero attached hydrogens (tertiary/aromatic N) is 4. The van der Waals surface area contributed by atoms with E-state index in [9.17, 15) is 4.79 Å². The predicted octanol–water partition coefficient (Wildman–Crippen LogP) is 1.70. The highest BCUT2D eigenvalue weighted by Gasteiger charge is 2.13. The van der Waals surface area contributed by atoms with Crippen LogP contribution in [0.5, 0.6) is 0 Å². The molecule has 8 heteroatoms. The molecule has 4 rings (SSSR count). The molecule has 0 radical (unpaired) electrons. The number of pyridine rings is 1. The Balaban J connectivity index is 1.31. The number of anilines is 2. The molecule has 3 heterocycles. The zero-order valence-electron chi connectivity index (χ0n) is 15.5. The summed E-state index contributed by atoms with van der Waals surface area (Å²) >= 11 is 0. The number of carbonyl (C=O) groups excluding carboxylic acids is 1. The van der Waals surface area contributed by atoms with Gasteiger partial charge < -0.3 is 20.3 Å². The van der Waals surface area contributed by atoms with Gasteiger partial charge in [-0.05, 0) is 11.5 Å². The average Bonchev–Trinajstić information content (AvgIpc) is 2.77. The number of hydrogen-bond donors (Lipinski definition) is 2. The molecule has 8 nitrogen and oxygen atoms in total. The predicted molar refractivity (Wildman–Crippen MR) is 108 cm³/mol. The van der Waals surface area contributed by atoms with Crippen LogP contribution in [0.4, 0.5) is 11.5 Å². The highest BCUT2D eigenvalue weighted by molar-refractivity contribution is 6.05. The number of benzene rings is 1. The maximum Gasteiger partial charge on any atom is 0.270 e. The van der Waals surface area contributed by atoms with E-state index < -0.39 is 0 Å². The van der Waals surface area contributed by atoms with Crippen molar-refractivity contribution >= 4 is 28.2 Å². The van der Waals surface area contributed by atoms with Gasteiger partial charge in [-0.3, -0.25) is 9.78 Å². The van der Waals surface area contributed by atoms with Crippen molar-refractivity contribution in [3.63, 3.8) is 0 Å². The Labute approximate surface area is 162 Å². The lowest BCUT2D eigenvalue weighted by Gasteiger charge is -2.28. The number of fused-ring (bicyclic) bond motifs is 1. The quantitative estimate of drug-likeness (QED) is 0.631. The zero-order valence-corrected chi connectivity index (χ0v) is 15.5. The summed E-state index contributed by atoms with van der Waals surface area (Å²) in [5, 5.41) is 16.1. The van der Waals surface area contributed by atoms with Gasteiger partial charge in [0.25, 0.3) is 5.91 Å². The first-order chi connectivity index (χ1) is 13.8. The molecular formula is C20H22N6O2. The summed E-state index contributed by atoms with van der Waals surface area (Å²) in [6, 6.07) is 11.6. The molecule has 1 fully saturated rings. The number of aromatic nitrogens is 3. The third-order valence-electron chi connectivity index (χ3n) is 4.62. The molecule has 1 amide bonds. The molecule has 2 N–H and O–H groups in total. The van der Waals surface area contributed by atoms with Crippen LogP contribution in [0.3, 0.4) is 0 Å². The largest absolute Gasteiger partial charge is 0.378 e. The van der Waals surface area contributed by atoms with Crippen LogP contribution in [0.15, 0.2) is 48.8 Å². The normalized spacial score (nSPS) is 14.1. The highest BCUT2D eigenvalue weighted by atomic mass is 16.5. The summed E-state index contributed by atoms with van der Waals surface area (Å²) in [5.41, 5.74) is 1.46. The SMILES string of the molecule is O=C(NCCNc1cc(N2CCOCC2)cnn1)c1nccc2ccccc12. The second kappa shape index (κ2) is 8.62. The van der Waals surface area contributed by atoms with Gasteiger partial charge in [-0.25, -0.2) is 0 Å². The number of nitrogens with one attached hydrogen (secondary N) is 2. The maximum absolute atomic E-state index is 12.5. The minimum absolute atomic E-state index is 0.188. The van der Waals surface area contributed by atoms with E-state index in [1.165, 1.54) is 0 Å². The molecule has 28 heavy (non-hydrogen) atoms. The molecule has 0 unspecified atom stereocenters. The molecule has 144 valence electrons. The number of ether oxygens (including phenoxy) is 1. The van der Waals surface area contributed by atoms with Gasteiger partial charge in [0.2, 0.25) is 0 Å². The van der Waals surface area contributed by atoms with Crippen LogP contribution < -0.4 is 15.5 Å². The van der Waals surface area contributed by atoms with Crippen molar-refractivity contribution in [3.8, 4) is 0 Å². The fourth-order valence-corrected chi connectivity index (χ4v) is 3.19. The van der Waals surface area contributed by atoms with Gasteiger partial charge in [-0.15, -0.1) is 5.10 Å². The monoisotopic (exact) mass is 378 g/mol. The van der Waals surface area contributed by atoms with E-state index >= 15 is 0 Å². The Bertz CT molecular complexity index is 953. The first kappa shape index (κ1) is 18.1. The number of carbonyl (C=O) groups is 1. The third-order valence-corrected chi connectivity index (χ3v) is 4.62. The minimum atomic E-state index is -0.188. The van der Waals surface area contributed by atoms with E-state index in [0.717, 1.165) is 42.8 Å². The Hall–Kier alpha value is -3.26. The smallest absolute Gasteiger partial charge is 0.270 e. The first-order valence-electron chi connectivity index (χ1n) is 9.32. The second-order valence-corrected chi connectivity index (χ2v) is 6.46. The number of hydrogen-bond acceptors (Lipinski definition) is 7.